The molecule has 0 aliphatic rings. The molecule has 0 fully saturated rings. The first-order valence-electron chi connectivity index (χ1n) is 7.09. The summed E-state index contributed by atoms with van der Waals surface area (Å²) in [6, 6.07) is 5.72. The summed E-state index contributed by atoms with van der Waals surface area (Å²) in [5.41, 5.74) is 2.10. The number of aromatic nitrogens is 2. The minimum Gasteiger partial charge on any atom is -0.395 e. The average molecular weight is 290 g/mol. The van der Waals surface area contributed by atoms with Gasteiger partial charge in [-0.15, -0.1) is 0 Å². The zero-order chi connectivity index (χ0) is 15.4. The molecule has 0 atom stereocenters. The number of nitrogens with zero attached hydrogens (tertiary/aromatic N) is 4. The minimum atomic E-state index is -0.132. The van der Waals surface area contributed by atoms with Crippen LogP contribution in [0.5, 0.6) is 0 Å². The standard InChI is InChI=1S/C15H22N4O2/c1-4-18(9-10-20)15(21)14-12(11-17(2)3)19-8-6-5-7-13(19)16-14/h5-8,20H,4,9-11H2,1-3H3. The monoisotopic (exact) mass is 290 g/mol. The Morgan fingerprint density at radius 1 is 1.38 bits per heavy atom. The largest absolute Gasteiger partial charge is 0.395 e. The molecule has 0 saturated carbocycles. The van der Waals surface area contributed by atoms with Gasteiger partial charge in [-0.25, -0.2) is 4.98 Å². The molecule has 2 aromatic heterocycles. The highest BCUT2D eigenvalue weighted by Crippen LogP contribution is 2.16. The van der Waals surface area contributed by atoms with Gasteiger partial charge in [0.15, 0.2) is 5.69 Å². The molecule has 1 amide bonds. The second-order valence-electron chi connectivity index (χ2n) is 5.18. The van der Waals surface area contributed by atoms with E-state index in [9.17, 15) is 4.79 Å². The quantitative estimate of drug-likeness (QED) is 0.857. The van der Waals surface area contributed by atoms with Crippen molar-refractivity contribution in [3.8, 4) is 0 Å². The van der Waals surface area contributed by atoms with Crippen LogP contribution in [0.25, 0.3) is 5.65 Å². The Balaban J connectivity index is 2.48. The van der Waals surface area contributed by atoms with Crippen molar-refractivity contribution in [2.75, 3.05) is 33.8 Å². The van der Waals surface area contributed by atoms with Crippen molar-refractivity contribution < 1.29 is 9.90 Å². The molecule has 0 bridgehead atoms. The summed E-state index contributed by atoms with van der Waals surface area (Å²) in [5.74, 6) is -0.132. The van der Waals surface area contributed by atoms with E-state index >= 15 is 0 Å². The first-order valence-corrected chi connectivity index (χ1v) is 7.09. The van der Waals surface area contributed by atoms with Crippen LogP contribution in [-0.2, 0) is 6.54 Å². The number of aliphatic hydroxyl groups excluding tert-OH is 1. The van der Waals surface area contributed by atoms with E-state index in [0.29, 0.717) is 25.3 Å². The first kappa shape index (κ1) is 15.5. The van der Waals surface area contributed by atoms with Crippen LogP contribution in [0.15, 0.2) is 24.4 Å². The highest BCUT2D eigenvalue weighted by molar-refractivity contribution is 5.94. The maximum absolute atomic E-state index is 12.7. The summed E-state index contributed by atoms with van der Waals surface area (Å²) in [6.07, 6.45) is 1.92. The number of aliphatic hydroxyl groups is 1. The lowest BCUT2D eigenvalue weighted by atomic mass is 10.2. The van der Waals surface area contributed by atoms with Crippen molar-refractivity contribution in [3.63, 3.8) is 0 Å². The predicted molar refractivity (Wildman–Crippen MR) is 81.2 cm³/mol. The van der Waals surface area contributed by atoms with E-state index in [1.165, 1.54) is 0 Å². The molecule has 0 unspecified atom stereocenters. The second-order valence-corrected chi connectivity index (χ2v) is 5.18. The number of hydrogen-bond donors (Lipinski definition) is 1. The van der Waals surface area contributed by atoms with Crippen molar-refractivity contribution in [1.29, 1.82) is 0 Å². The highest BCUT2D eigenvalue weighted by Gasteiger charge is 2.23. The fraction of sp³-hybridized carbons (Fsp3) is 0.467. The van der Waals surface area contributed by atoms with E-state index in [4.69, 9.17) is 5.11 Å². The van der Waals surface area contributed by atoms with Crippen molar-refractivity contribution in [2.45, 2.75) is 13.5 Å². The molecule has 21 heavy (non-hydrogen) atoms. The Kier molecular flexibility index (Phi) is 4.93. The average Bonchev–Trinajstić information content (AvgIpc) is 2.82. The van der Waals surface area contributed by atoms with E-state index in [-0.39, 0.29) is 12.5 Å². The molecule has 2 heterocycles. The van der Waals surface area contributed by atoms with E-state index in [2.05, 4.69) is 4.98 Å². The number of fused-ring (bicyclic) bond motifs is 1. The van der Waals surface area contributed by atoms with Crippen LogP contribution in [0, 0.1) is 0 Å². The predicted octanol–water partition coefficient (Wildman–Crippen LogP) is 0.850. The molecule has 6 nitrogen and oxygen atoms in total. The number of amides is 1. The van der Waals surface area contributed by atoms with E-state index in [1.54, 1.807) is 4.90 Å². The van der Waals surface area contributed by atoms with Crippen LogP contribution in [0.2, 0.25) is 0 Å². The molecule has 6 heteroatoms. The summed E-state index contributed by atoms with van der Waals surface area (Å²) >= 11 is 0. The summed E-state index contributed by atoms with van der Waals surface area (Å²) in [6.45, 7) is 3.35. The summed E-state index contributed by atoms with van der Waals surface area (Å²) in [7, 11) is 3.92. The highest BCUT2D eigenvalue weighted by atomic mass is 16.3. The Labute approximate surface area is 124 Å². The maximum Gasteiger partial charge on any atom is 0.274 e. The van der Waals surface area contributed by atoms with Gasteiger partial charge in [0, 0.05) is 25.8 Å². The maximum atomic E-state index is 12.7. The summed E-state index contributed by atoms with van der Waals surface area (Å²) in [5, 5.41) is 9.09. The topological polar surface area (TPSA) is 61.1 Å². The number of hydrogen-bond acceptors (Lipinski definition) is 4. The Bertz CT molecular complexity index is 621. The minimum absolute atomic E-state index is 0.0457. The van der Waals surface area contributed by atoms with Gasteiger partial charge < -0.3 is 19.3 Å². The first-order chi connectivity index (χ1) is 10.1. The third-order valence-electron chi connectivity index (χ3n) is 3.34. The zero-order valence-electron chi connectivity index (χ0n) is 12.8. The fourth-order valence-corrected chi connectivity index (χ4v) is 2.34. The molecule has 0 saturated heterocycles. The van der Waals surface area contributed by atoms with E-state index < -0.39 is 0 Å². The van der Waals surface area contributed by atoms with Crippen LogP contribution < -0.4 is 0 Å². The number of pyridine rings is 1. The van der Waals surface area contributed by atoms with Gasteiger partial charge in [-0.2, -0.15) is 0 Å². The van der Waals surface area contributed by atoms with Gasteiger partial charge in [-0.05, 0) is 33.2 Å². The molecule has 0 aliphatic carbocycles. The number of carbonyl (C=O) groups is 1. The van der Waals surface area contributed by atoms with Crippen LogP contribution in [0.4, 0.5) is 0 Å². The molecule has 1 N–H and O–H groups in total. The smallest absolute Gasteiger partial charge is 0.274 e. The van der Waals surface area contributed by atoms with E-state index in [0.717, 1.165) is 11.3 Å². The Morgan fingerprint density at radius 3 is 2.76 bits per heavy atom. The van der Waals surface area contributed by atoms with Gasteiger partial charge >= 0.3 is 0 Å². The van der Waals surface area contributed by atoms with Gasteiger partial charge in [0.2, 0.25) is 0 Å². The third kappa shape index (κ3) is 3.22. The fourth-order valence-electron chi connectivity index (χ4n) is 2.34. The molecule has 0 radical (unpaired) electrons. The van der Waals surface area contributed by atoms with E-state index in [1.807, 2.05) is 54.7 Å². The van der Waals surface area contributed by atoms with Crippen LogP contribution >= 0.6 is 0 Å². The van der Waals surface area contributed by atoms with Crippen LogP contribution in [0.3, 0.4) is 0 Å². The summed E-state index contributed by atoms with van der Waals surface area (Å²) in [4.78, 5) is 20.8. The van der Waals surface area contributed by atoms with Crippen LogP contribution in [0.1, 0.15) is 23.1 Å². The van der Waals surface area contributed by atoms with Crippen molar-refractivity contribution in [1.82, 2.24) is 19.2 Å². The normalized spacial score (nSPS) is 11.3. The Morgan fingerprint density at radius 2 is 2.14 bits per heavy atom. The zero-order valence-corrected chi connectivity index (χ0v) is 12.8. The van der Waals surface area contributed by atoms with Crippen molar-refractivity contribution in [3.05, 3.63) is 35.8 Å². The molecule has 0 spiro atoms. The van der Waals surface area contributed by atoms with Crippen molar-refractivity contribution in [2.24, 2.45) is 0 Å². The molecular formula is C15H22N4O2. The number of rotatable bonds is 6. The molecule has 114 valence electrons. The van der Waals surface area contributed by atoms with Gasteiger partial charge in [-0.3, -0.25) is 4.79 Å². The van der Waals surface area contributed by atoms with Gasteiger partial charge in [-0.1, -0.05) is 6.07 Å². The third-order valence-corrected chi connectivity index (χ3v) is 3.34. The van der Waals surface area contributed by atoms with Crippen molar-refractivity contribution >= 4 is 11.6 Å². The number of likely N-dealkylation sites (N-methyl/N-ethyl adjacent to an activating group) is 1. The lowest BCUT2D eigenvalue weighted by molar-refractivity contribution is 0.0725. The van der Waals surface area contributed by atoms with Gasteiger partial charge in [0.05, 0.1) is 12.3 Å². The van der Waals surface area contributed by atoms with Gasteiger partial charge in [0.25, 0.3) is 5.91 Å². The summed E-state index contributed by atoms with van der Waals surface area (Å²) < 4.78 is 1.94. The molecular weight excluding hydrogens is 268 g/mol. The molecule has 2 rings (SSSR count). The number of imidazole rings is 1. The number of carbonyl (C=O) groups excluding carboxylic acids is 1. The van der Waals surface area contributed by atoms with Gasteiger partial charge in [0.1, 0.15) is 5.65 Å². The van der Waals surface area contributed by atoms with Crippen LogP contribution in [-0.4, -0.2) is 64.0 Å². The Hall–Kier alpha value is -1.92. The molecule has 0 aromatic carbocycles. The lowest BCUT2D eigenvalue weighted by Gasteiger charge is -2.19. The molecule has 0 aliphatic heterocycles. The lowest BCUT2D eigenvalue weighted by Crippen LogP contribution is -2.34. The second kappa shape index (κ2) is 6.69. The SMILES string of the molecule is CCN(CCO)C(=O)c1nc2ccccn2c1CN(C)C. The molecule has 2 aromatic rings.